The number of amides is 1. The van der Waals surface area contributed by atoms with E-state index >= 15 is 0 Å². The number of benzene rings is 1. The highest BCUT2D eigenvalue weighted by Gasteiger charge is 2.38. The van der Waals surface area contributed by atoms with Gasteiger partial charge in [0, 0.05) is 43.0 Å². The Balaban J connectivity index is 1.59. The lowest BCUT2D eigenvalue weighted by atomic mass is 10.1. The van der Waals surface area contributed by atoms with Crippen LogP contribution in [0.5, 0.6) is 0 Å². The SMILES string of the molecule is CNC(=O)c1ccc(NC2CC(C)N(C3CC3)C2)cc1. The number of likely N-dealkylation sites (tertiary alicyclic amines) is 1. The van der Waals surface area contributed by atoms with Crippen LogP contribution in [0.1, 0.15) is 36.5 Å². The molecule has 1 aromatic rings. The van der Waals surface area contributed by atoms with Crippen LogP contribution in [-0.4, -0.2) is 42.5 Å². The van der Waals surface area contributed by atoms with Gasteiger partial charge in [-0.25, -0.2) is 0 Å². The lowest BCUT2D eigenvalue weighted by molar-refractivity contribution is 0.0963. The van der Waals surface area contributed by atoms with E-state index in [2.05, 4.69) is 22.5 Å². The van der Waals surface area contributed by atoms with E-state index in [0.717, 1.165) is 18.3 Å². The molecule has 3 rings (SSSR count). The second-order valence-electron chi connectivity index (χ2n) is 6.01. The quantitative estimate of drug-likeness (QED) is 0.883. The normalized spacial score (nSPS) is 26.5. The number of nitrogens with one attached hydrogen (secondary N) is 2. The second-order valence-corrected chi connectivity index (χ2v) is 6.01. The van der Waals surface area contributed by atoms with Crippen LogP contribution in [0.3, 0.4) is 0 Å². The molecule has 2 aliphatic rings. The van der Waals surface area contributed by atoms with Crippen molar-refractivity contribution in [3.8, 4) is 0 Å². The van der Waals surface area contributed by atoms with Gasteiger partial charge < -0.3 is 10.6 Å². The lowest BCUT2D eigenvalue weighted by Gasteiger charge is -2.20. The average molecular weight is 273 g/mol. The lowest BCUT2D eigenvalue weighted by Crippen LogP contribution is -2.31. The van der Waals surface area contributed by atoms with Crippen molar-refractivity contribution in [1.82, 2.24) is 10.2 Å². The summed E-state index contributed by atoms with van der Waals surface area (Å²) in [5.41, 5.74) is 1.81. The predicted octanol–water partition coefficient (Wildman–Crippen LogP) is 2.08. The van der Waals surface area contributed by atoms with E-state index < -0.39 is 0 Å². The molecule has 1 heterocycles. The van der Waals surface area contributed by atoms with Crippen LogP contribution < -0.4 is 10.6 Å². The molecule has 2 atom stereocenters. The molecule has 1 saturated heterocycles. The van der Waals surface area contributed by atoms with E-state index in [1.165, 1.54) is 19.3 Å². The minimum Gasteiger partial charge on any atom is -0.381 e. The van der Waals surface area contributed by atoms with E-state index in [4.69, 9.17) is 0 Å². The summed E-state index contributed by atoms with van der Waals surface area (Å²) >= 11 is 0. The Hall–Kier alpha value is -1.55. The first-order valence-electron chi connectivity index (χ1n) is 7.52. The van der Waals surface area contributed by atoms with Gasteiger partial charge in [-0.05, 0) is 50.5 Å². The monoisotopic (exact) mass is 273 g/mol. The summed E-state index contributed by atoms with van der Waals surface area (Å²) in [4.78, 5) is 14.1. The molecule has 108 valence electrons. The molecule has 0 spiro atoms. The fourth-order valence-corrected chi connectivity index (χ4v) is 3.17. The summed E-state index contributed by atoms with van der Waals surface area (Å²) in [5, 5.41) is 6.23. The Morgan fingerprint density at radius 2 is 1.95 bits per heavy atom. The van der Waals surface area contributed by atoms with E-state index in [0.29, 0.717) is 17.6 Å². The van der Waals surface area contributed by atoms with Crippen LogP contribution >= 0.6 is 0 Å². The van der Waals surface area contributed by atoms with Crippen LogP contribution in [0.25, 0.3) is 0 Å². The maximum atomic E-state index is 11.5. The van der Waals surface area contributed by atoms with Crippen molar-refractivity contribution in [3.05, 3.63) is 29.8 Å². The summed E-state index contributed by atoms with van der Waals surface area (Å²) < 4.78 is 0. The number of hydrogen-bond acceptors (Lipinski definition) is 3. The van der Waals surface area contributed by atoms with E-state index in [1.54, 1.807) is 7.05 Å². The molecule has 1 saturated carbocycles. The van der Waals surface area contributed by atoms with Crippen LogP contribution in [-0.2, 0) is 0 Å². The molecule has 2 fully saturated rings. The first-order chi connectivity index (χ1) is 9.67. The highest BCUT2D eigenvalue weighted by Crippen LogP contribution is 2.34. The number of carbonyl (C=O) groups excluding carboxylic acids is 1. The average Bonchev–Trinajstić information content (AvgIpc) is 3.23. The first kappa shape index (κ1) is 13.4. The Kier molecular flexibility index (Phi) is 3.66. The van der Waals surface area contributed by atoms with Gasteiger partial charge in [0.1, 0.15) is 0 Å². The van der Waals surface area contributed by atoms with Gasteiger partial charge in [0.05, 0.1) is 0 Å². The summed E-state index contributed by atoms with van der Waals surface area (Å²) in [7, 11) is 1.65. The summed E-state index contributed by atoms with van der Waals surface area (Å²) in [6.45, 7) is 3.47. The Morgan fingerprint density at radius 1 is 1.25 bits per heavy atom. The molecule has 0 bridgehead atoms. The molecule has 1 amide bonds. The molecule has 0 radical (unpaired) electrons. The molecule has 2 unspecified atom stereocenters. The second kappa shape index (κ2) is 5.44. The topological polar surface area (TPSA) is 44.4 Å². The smallest absolute Gasteiger partial charge is 0.251 e. The van der Waals surface area contributed by atoms with Gasteiger partial charge in [-0.15, -0.1) is 0 Å². The summed E-state index contributed by atoms with van der Waals surface area (Å²) in [5.74, 6) is -0.0362. The van der Waals surface area contributed by atoms with Gasteiger partial charge in [-0.2, -0.15) is 0 Å². The third kappa shape index (κ3) is 2.80. The molecule has 2 N–H and O–H groups in total. The predicted molar refractivity (Wildman–Crippen MR) is 81.0 cm³/mol. The highest BCUT2D eigenvalue weighted by molar-refractivity contribution is 5.94. The molecule has 20 heavy (non-hydrogen) atoms. The van der Waals surface area contributed by atoms with Crippen molar-refractivity contribution >= 4 is 11.6 Å². The number of nitrogens with zero attached hydrogens (tertiary/aromatic N) is 1. The number of hydrogen-bond donors (Lipinski definition) is 2. The largest absolute Gasteiger partial charge is 0.381 e. The molecular formula is C16H23N3O. The van der Waals surface area contributed by atoms with Gasteiger partial charge in [0.15, 0.2) is 0 Å². The standard InChI is InChI=1S/C16H23N3O/c1-11-9-14(10-19(11)15-7-8-15)18-13-5-3-12(4-6-13)16(20)17-2/h3-6,11,14-15,18H,7-10H2,1-2H3,(H,17,20). The zero-order valence-electron chi connectivity index (χ0n) is 12.2. The van der Waals surface area contributed by atoms with E-state index in [-0.39, 0.29) is 5.91 Å². The maximum absolute atomic E-state index is 11.5. The summed E-state index contributed by atoms with van der Waals surface area (Å²) in [6.07, 6.45) is 3.95. The van der Waals surface area contributed by atoms with Crippen molar-refractivity contribution in [2.75, 3.05) is 18.9 Å². The fraction of sp³-hybridized carbons (Fsp3) is 0.562. The minimum absolute atomic E-state index is 0.0362. The van der Waals surface area contributed by atoms with Crippen molar-refractivity contribution in [1.29, 1.82) is 0 Å². The van der Waals surface area contributed by atoms with Crippen LogP contribution in [0.4, 0.5) is 5.69 Å². The van der Waals surface area contributed by atoms with E-state index in [1.807, 2.05) is 24.3 Å². The van der Waals surface area contributed by atoms with Gasteiger partial charge in [0.2, 0.25) is 0 Å². The first-order valence-corrected chi connectivity index (χ1v) is 7.52. The third-order valence-corrected chi connectivity index (χ3v) is 4.38. The molecule has 4 nitrogen and oxygen atoms in total. The zero-order valence-corrected chi connectivity index (χ0v) is 12.2. The Bertz CT molecular complexity index is 481. The number of anilines is 1. The molecule has 1 aromatic carbocycles. The van der Waals surface area contributed by atoms with Crippen molar-refractivity contribution in [2.24, 2.45) is 0 Å². The third-order valence-electron chi connectivity index (χ3n) is 4.38. The molecule has 4 heteroatoms. The van der Waals surface area contributed by atoms with Gasteiger partial charge >= 0.3 is 0 Å². The summed E-state index contributed by atoms with van der Waals surface area (Å²) in [6, 6.07) is 9.79. The van der Waals surface area contributed by atoms with Gasteiger partial charge in [-0.3, -0.25) is 9.69 Å². The van der Waals surface area contributed by atoms with Crippen molar-refractivity contribution in [2.45, 2.75) is 44.3 Å². The van der Waals surface area contributed by atoms with Crippen LogP contribution in [0.15, 0.2) is 24.3 Å². The Morgan fingerprint density at radius 3 is 2.55 bits per heavy atom. The fourth-order valence-electron chi connectivity index (χ4n) is 3.17. The minimum atomic E-state index is -0.0362. The van der Waals surface area contributed by atoms with Gasteiger partial charge in [-0.1, -0.05) is 0 Å². The molecule has 0 aromatic heterocycles. The van der Waals surface area contributed by atoms with Gasteiger partial charge in [0.25, 0.3) is 5.91 Å². The van der Waals surface area contributed by atoms with Crippen LogP contribution in [0, 0.1) is 0 Å². The van der Waals surface area contributed by atoms with Crippen LogP contribution in [0.2, 0.25) is 0 Å². The van der Waals surface area contributed by atoms with Crippen molar-refractivity contribution in [3.63, 3.8) is 0 Å². The maximum Gasteiger partial charge on any atom is 0.251 e. The number of carbonyl (C=O) groups is 1. The highest BCUT2D eigenvalue weighted by atomic mass is 16.1. The molecule has 1 aliphatic heterocycles. The molecular weight excluding hydrogens is 250 g/mol. The Labute approximate surface area is 120 Å². The van der Waals surface area contributed by atoms with E-state index in [9.17, 15) is 4.79 Å². The van der Waals surface area contributed by atoms with Crippen molar-refractivity contribution < 1.29 is 4.79 Å². The molecule has 1 aliphatic carbocycles. The zero-order chi connectivity index (χ0) is 14.1. The number of rotatable bonds is 4.